The molecular formula is C18H30FN. The second-order valence-electron chi connectivity index (χ2n) is 6.50. The van der Waals surface area contributed by atoms with Gasteiger partial charge in [-0.1, -0.05) is 46.2 Å². The largest absolute Gasteiger partial charge is 0.316 e. The van der Waals surface area contributed by atoms with E-state index in [0.717, 1.165) is 31.0 Å². The predicted octanol–water partition coefficient (Wildman–Crippen LogP) is 4.67. The molecule has 20 heavy (non-hydrogen) atoms. The third-order valence-corrected chi connectivity index (χ3v) is 3.83. The first kappa shape index (κ1) is 17.2. The van der Waals surface area contributed by atoms with E-state index < -0.39 is 0 Å². The maximum atomic E-state index is 13.3. The molecule has 2 heteroatoms. The van der Waals surface area contributed by atoms with Gasteiger partial charge in [0.25, 0.3) is 0 Å². The summed E-state index contributed by atoms with van der Waals surface area (Å²) in [5, 5.41) is 3.56. The van der Waals surface area contributed by atoms with Crippen molar-refractivity contribution in [2.24, 2.45) is 17.8 Å². The van der Waals surface area contributed by atoms with Crippen LogP contribution in [0.3, 0.4) is 0 Å². The van der Waals surface area contributed by atoms with Crippen molar-refractivity contribution in [1.82, 2.24) is 5.32 Å². The summed E-state index contributed by atoms with van der Waals surface area (Å²) in [5.74, 6) is 1.87. The van der Waals surface area contributed by atoms with Crippen LogP contribution in [0.2, 0.25) is 0 Å². The van der Waals surface area contributed by atoms with E-state index in [1.807, 2.05) is 12.1 Å². The van der Waals surface area contributed by atoms with Crippen LogP contribution in [-0.2, 0) is 6.42 Å². The lowest BCUT2D eigenvalue weighted by Crippen LogP contribution is -2.28. The molecule has 1 aromatic carbocycles. The molecule has 0 amide bonds. The van der Waals surface area contributed by atoms with Gasteiger partial charge in [-0.05, 0) is 61.4 Å². The highest BCUT2D eigenvalue weighted by atomic mass is 19.1. The first-order valence-electron chi connectivity index (χ1n) is 7.96. The topological polar surface area (TPSA) is 12.0 Å². The molecule has 114 valence electrons. The molecule has 0 heterocycles. The number of hydrogen-bond donors (Lipinski definition) is 1. The molecule has 0 fully saturated rings. The molecule has 1 nitrogen and oxygen atoms in total. The van der Waals surface area contributed by atoms with Crippen LogP contribution in [0.15, 0.2) is 24.3 Å². The van der Waals surface area contributed by atoms with Crippen molar-refractivity contribution in [3.05, 3.63) is 35.6 Å². The molecule has 0 aliphatic heterocycles. The molecule has 1 N–H and O–H groups in total. The standard InChI is InChI=1S/C18H30FN/c1-5-15(4)9-17(13-20-12-14(2)3)10-16-7-6-8-18(19)11-16/h6-8,11,14-15,17,20H,5,9-10,12-13H2,1-4H3. The smallest absolute Gasteiger partial charge is 0.123 e. The van der Waals surface area contributed by atoms with Crippen LogP contribution in [-0.4, -0.2) is 13.1 Å². The average Bonchev–Trinajstić information content (AvgIpc) is 2.38. The quantitative estimate of drug-likeness (QED) is 0.693. The zero-order chi connectivity index (χ0) is 15.0. The number of nitrogens with one attached hydrogen (secondary N) is 1. The van der Waals surface area contributed by atoms with E-state index >= 15 is 0 Å². The molecule has 2 unspecified atom stereocenters. The summed E-state index contributed by atoms with van der Waals surface area (Å²) in [5.41, 5.74) is 1.12. The molecule has 1 rings (SSSR count). The van der Waals surface area contributed by atoms with Crippen molar-refractivity contribution in [2.45, 2.75) is 47.0 Å². The van der Waals surface area contributed by atoms with Gasteiger partial charge in [0.15, 0.2) is 0 Å². The summed E-state index contributed by atoms with van der Waals surface area (Å²) in [7, 11) is 0. The van der Waals surface area contributed by atoms with Gasteiger partial charge < -0.3 is 5.32 Å². The van der Waals surface area contributed by atoms with Gasteiger partial charge in [-0.25, -0.2) is 4.39 Å². The van der Waals surface area contributed by atoms with Gasteiger partial charge in [0, 0.05) is 0 Å². The molecule has 0 saturated carbocycles. The molecule has 0 aliphatic rings. The minimum Gasteiger partial charge on any atom is -0.316 e. The van der Waals surface area contributed by atoms with Crippen LogP contribution in [0.5, 0.6) is 0 Å². The molecule has 0 aromatic heterocycles. The Hall–Kier alpha value is -0.890. The van der Waals surface area contributed by atoms with E-state index in [9.17, 15) is 4.39 Å². The van der Waals surface area contributed by atoms with E-state index in [1.54, 1.807) is 6.07 Å². The van der Waals surface area contributed by atoms with E-state index in [1.165, 1.54) is 18.9 Å². The zero-order valence-electron chi connectivity index (χ0n) is 13.5. The predicted molar refractivity (Wildman–Crippen MR) is 85.4 cm³/mol. The van der Waals surface area contributed by atoms with Gasteiger partial charge in [0.2, 0.25) is 0 Å². The summed E-state index contributed by atoms with van der Waals surface area (Å²) in [6, 6.07) is 7.04. The molecule has 1 aromatic rings. The fourth-order valence-corrected chi connectivity index (χ4v) is 2.55. The highest BCUT2D eigenvalue weighted by molar-refractivity contribution is 5.16. The number of benzene rings is 1. The van der Waals surface area contributed by atoms with Crippen LogP contribution < -0.4 is 5.32 Å². The second kappa shape index (κ2) is 9.12. The summed E-state index contributed by atoms with van der Waals surface area (Å²) in [4.78, 5) is 0. The Morgan fingerprint density at radius 1 is 1.15 bits per heavy atom. The maximum Gasteiger partial charge on any atom is 0.123 e. The Balaban J connectivity index is 2.56. The SMILES string of the molecule is CCC(C)CC(CNCC(C)C)Cc1cccc(F)c1. The van der Waals surface area contributed by atoms with E-state index in [0.29, 0.717) is 11.8 Å². The Morgan fingerprint density at radius 2 is 1.90 bits per heavy atom. The molecule has 0 saturated heterocycles. The minimum atomic E-state index is -0.125. The van der Waals surface area contributed by atoms with Crippen LogP contribution in [0, 0.1) is 23.6 Å². The summed E-state index contributed by atoms with van der Waals surface area (Å²) >= 11 is 0. The number of rotatable bonds is 9. The molecule has 0 radical (unpaired) electrons. The van der Waals surface area contributed by atoms with Crippen molar-refractivity contribution in [1.29, 1.82) is 0 Å². The Labute approximate surface area is 124 Å². The minimum absolute atomic E-state index is 0.125. The van der Waals surface area contributed by atoms with Gasteiger partial charge in [-0.3, -0.25) is 0 Å². The fraction of sp³-hybridized carbons (Fsp3) is 0.667. The van der Waals surface area contributed by atoms with Crippen LogP contribution >= 0.6 is 0 Å². The van der Waals surface area contributed by atoms with Gasteiger partial charge in [0.1, 0.15) is 5.82 Å². The van der Waals surface area contributed by atoms with Crippen molar-refractivity contribution in [3.63, 3.8) is 0 Å². The third kappa shape index (κ3) is 7.04. The highest BCUT2D eigenvalue weighted by Gasteiger charge is 2.13. The number of halogens is 1. The van der Waals surface area contributed by atoms with Crippen LogP contribution in [0.1, 0.15) is 46.1 Å². The second-order valence-corrected chi connectivity index (χ2v) is 6.50. The first-order chi connectivity index (χ1) is 9.51. The summed E-state index contributed by atoms with van der Waals surface area (Å²) in [6.07, 6.45) is 3.38. The number of hydrogen-bond acceptors (Lipinski definition) is 1. The van der Waals surface area contributed by atoms with Crippen molar-refractivity contribution in [3.8, 4) is 0 Å². The third-order valence-electron chi connectivity index (χ3n) is 3.83. The van der Waals surface area contributed by atoms with Gasteiger partial charge in [-0.2, -0.15) is 0 Å². The molecule has 0 aliphatic carbocycles. The Morgan fingerprint density at radius 3 is 2.50 bits per heavy atom. The lowest BCUT2D eigenvalue weighted by atomic mass is 9.89. The average molecular weight is 279 g/mol. The maximum absolute atomic E-state index is 13.3. The van der Waals surface area contributed by atoms with Crippen LogP contribution in [0.4, 0.5) is 4.39 Å². The van der Waals surface area contributed by atoms with E-state index in [-0.39, 0.29) is 5.82 Å². The highest BCUT2D eigenvalue weighted by Crippen LogP contribution is 2.19. The van der Waals surface area contributed by atoms with Crippen LogP contribution in [0.25, 0.3) is 0 Å². The van der Waals surface area contributed by atoms with Gasteiger partial charge in [-0.15, -0.1) is 0 Å². The fourth-order valence-electron chi connectivity index (χ4n) is 2.55. The molecule has 2 atom stereocenters. The summed E-state index contributed by atoms with van der Waals surface area (Å²) < 4.78 is 13.3. The Kier molecular flexibility index (Phi) is 7.83. The van der Waals surface area contributed by atoms with Crippen molar-refractivity contribution < 1.29 is 4.39 Å². The van der Waals surface area contributed by atoms with Crippen molar-refractivity contribution in [2.75, 3.05) is 13.1 Å². The molecule has 0 bridgehead atoms. The Bertz CT molecular complexity index is 375. The molecule has 0 spiro atoms. The van der Waals surface area contributed by atoms with Gasteiger partial charge in [0.05, 0.1) is 0 Å². The van der Waals surface area contributed by atoms with Gasteiger partial charge >= 0.3 is 0 Å². The summed E-state index contributed by atoms with van der Waals surface area (Å²) in [6.45, 7) is 11.1. The monoisotopic (exact) mass is 279 g/mol. The lowest BCUT2D eigenvalue weighted by Gasteiger charge is -2.21. The lowest BCUT2D eigenvalue weighted by molar-refractivity contribution is 0.356. The van der Waals surface area contributed by atoms with E-state index in [4.69, 9.17) is 0 Å². The molecular weight excluding hydrogens is 249 g/mol. The van der Waals surface area contributed by atoms with Crippen molar-refractivity contribution >= 4 is 0 Å². The zero-order valence-corrected chi connectivity index (χ0v) is 13.5. The van der Waals surface area contributed by atoms with E-state index in [2.05, 4.69) is 33.0 Å². The normalized spacial score (nSPS) is 14.5. The first-order valence-corrected chi connectivity index (χ1v) is 7.96.